The van der Waals surface area contributed by atoms with Crippen LogP contribution in [0.1, 0.15) is 12.5 Å². The van der Waals surface area contributed by atoms with Crippen molar-refractivity contribution in [3.05, 3.63) is 65.7 Å². The van der Waals surface area contributed by atoms with Crippen molar-refractivity contribution in [3.8, 4) is 22.5 Å². The third-order valence-corrected chi connectivity index (χ3v) is 6.18. The third-order valence-electron chi connectivity index (χ3n) is 6.18. The van der Waals surface area contributed by atoms with Gasteiger partial charge in [-0.15, -0.1) is 0 Å². The number of alkyl halides is 3. The SMILES string of the molecule is CC(N)C1CN(c2c(-c3cc(F)cc(C(F)(F)F)c3)cncc2-c2nc3c(F)cc(F)cc3[nH]2)C1. The molecule has 3 N–H and O–H groups in total. The highest BCUT2D eigenvalue weighted by Crippen LogP contribution is 2.43. The first-order chi connectivity index (χ1) is 16.5. The summed E-state index contributed by atoms with van der Waals surface area (Å²) in [4.78, 5) is 13.1. The van der Waals surface area contributed by atoms with Crippen LogP contribution in [0.4, 0.5) is 32.0 Å². The smallest absolute Gasteiger partial charge is 0.370 e. The van der Waals surface area contributed by atoms with E-state index in [2.05, 4.69) is 15.0 Å². The Kier molecular flexibility index (Phi) is 5.47. The van der Waals surface area contributed by atoms with Gasteiger partial charge in [0.05, 0.1) is 22.3 Å². The molecule has 0 saturated carbocycles. The molecule has 0 spiro atoms. The summed E-state index contributed by atoms with van der Waals surface area (Å²) in [6, 6.07) is 3.95. The van der Waals surface area contributed by atoms with Crippen LogP contribution >= 0.6 is 0 Å². The zero-order valence-electron chi connectivity index (χ0n) is 18.3. The van der Waals surface area contributed by atoms with E-state index in [4.69, 9.17) is 5.73 Å². The minimum absolute atomic E-state index is 0.0285. The fourth-order valence-corrected chi connectivity index (χ4v) is 4.29. The Bertz CT molecular complexity index is 1420. The van der Waals surface area contributed by atoms with Crippen molar-refractivity contribution in [2.45, 2.75) is 19.1 Å². The standard InChI is InChI=1S/C24H19F6N5/c1-11(31)13-9-35(10-13)22-17(12-2-14(24(28,29)30)4-15(25)3-12)7-32-8-18(22)23-33-20-6-16(26)5-19(27)21(20)34-23/h2-8,11,13H,9-10,31H2,1H3,(H,33,34). The Morgan fingerprint density at radius 3 is 2.37 bits per heavy atom. The number of pyridine rings is 1. The topological polar surface area (TPSA) is 70.8 Å². The van der Waals surface area contributed by atoms with Crippen LogP contribution < -0.4 is 10.6 Å². The van der Waals surface area contributed by atoms with Crippen LogP contribution in [-0.4, -0.2) is 34.1 Å². The maximum absolute atomic E-state index is 14.3. The van der Waals surface area contributed by atoms with Crippen LogP contribution in [0.25, 0.3) is 33.5 Å². The van der Waals surface area contributed by atoms with E-state index < -0.39 is 29.2 Å². The van der Waals surface area contributed by atoms with Crippen molar-refractivity contribution in [2.24, 2.45) is 11.7 Å². The summed E-state index contributed by atoms with van der Waals surface area (Å²) in [6.45, 7) is 2.84. The lowest BCUT2D eigenvalue weighted by molar-refractivity contribution is -0.137. The lowest BCUT2D eigenvalue weighted by Gasteiger charge is -2.44. The van der Waals surface area contributed by atoms with Crippen molar-refractivity contribution in [3.63, 3.8) is 0 Å². The van der Waals surface area contributed by atoms with E-state index >= 15 is 0 Å². The summed E-state index contributed by atoms with van der Waals surface area (Å²) in [5.41, 5.74) is 5.87. The van der Waals surface area contributed by atoms with E-state index in [1.165, 1.54) is 12.4 Å². The number of benzene rings is 2. The van der Waals surface area contributed by atoms with Crippen LogP contribution in [0.3, 0.4) is 0 Å². The van der Waals surface area contributed by atoms with Crippen molar-refractivity contribution in [1.29, 1.82) is 0 Å². The summed E-state index contributed by atoms with van der Waals surface area (Å²) < 4.78 is 82.4. The molecule has 3 heterocycles. The fourth-order valence-electron chi connectivity index (χ4n) is 4.29. The van der Waals surface area contributed by atoms with Gasteiger partial charge in [0.2, 0.25) is 0 Å². The van der Waals surface area contributed by atoms with E-state index in [0.717, 1.165) is 18.2 Å². The van der Waals surface area contributed by atoms with Crippen LogP contribution in [0.15, 0.2) is 42.7 Å². The maximum atomic E-state index is 14.3. The van der Waals surface area contributed by atoms with Gasteiger partial charge in [0.15, 0.2) is 5.82 Å². The number of aromatic nitrogens is 3. The van der Waals surface area contributed by atoms with Crippen LogP contribution in [-0.2, 0) is 6.18 Å². The third kappa shape index (κ3) is 4.20. The number of aromatic amines is 1. The highest BCUT2D eigenvalue weighted by molar-refractivity contribution is 5.91. The Labute approximate surface area is 195 Å². The van der Waals surface area contributed by atoms with Gasteiger partial charge in [-0.1, -0.05) is 0 Å². The van der Waals surface area contributed by atoms with Gasteiger partial charge in [-0.25, -0.2) is 18.2 Å². The monoisotopic (exact) mass is 491 g/mol. The molecule has 0 radical (unpaired) electrons. The molecule has 1 aliphatic heterocycles. The number of nitrogens with two attached hydrogens (primary N) is 1. The van der Waals surface area contributed by atoms with E-state index in [-0.39, 0.29) is 39.9 Å². The van der Waals surface area contributed by atoms with E-state index in [9.17, 15) is 26.3 Å². The largest absolute Gasteiger partial charge is 0.416 e. The molecule has 0 aliphatic carbocycles. The number of halogens is 6. The van der Waals surface area contributed by atoms with E-state index in [0.29, 0.717) is 36.5 Å². The number of H-pyrrole nitrogens is 1. The molecule has 1 fully saturated rings. The molecule has 1 unspecified atom stereocenters. The molecule has 4 aromatic rings. The quantitative estimate of drug-likeness (QED) is 0.370. The van der Waals surface area contributed by atoms with Gasteiger partial charge in [-0.05, 0) is 36.8 Å². The maximum Gasteiger partial charge on any atom is 0.416 e. The number of imidazole rings is 1. The molecular weight excluding hydrogens is 472 g/mol. The van der Waals surface area contributed by atoms with Crippen LogP contribution in [0.2, 0.25) is 0 Å². The Morgan fingerprint density at radius 2 is 1.69 bits per heavy atom. The van der Waals surface area contributed by atoms with Crippen LogP contribution in [0.5, 0.6) is 0 Å². The molecule has 182 valence electrons. The van der Waals surface area contributed by atoms with Crippen molar-refractivity contribution >= 4 is 16.7 Å². The van der Waals surface area contributed by atoms with Crippen molar-refractivity contribution in [2.75, 3.05) is 18.0 Å². The minimum Gasteiger partial charge on any atom is -0.370 e. The lowest BCUT2D eigenvalue weighted by atomic mass is 9.90. The second kappa shape index (κ2) is 8.26. The zero-order valence-corrected chi connectivity index (χ0v) is 18.3. The minimum atomic E-state index is -4.75. The molecule has 5 nitrogen and oxygen atoms in total. The van der Waals surface area contributed by atoms with Gasteiger partial charge in [0.25, 0.3) is 0 Å². The number of nitrogens with one attached hydrogen (secondary N) is 1. The normalized spacial score (nSPS) is 15.5. The number of hydrogen-bond acceptors (Lipinski definition) is 4. The summed E-state index contributed by atoms with van der Waals surface area (Å²) in [5.74, 6) is -2.44. The average Bonchev–Trinajstić information content (AvgIpc) is 3.15. The highest BCUT2D eigenvalue weighted by Gasteiger charge is 2.35. The molecule has 1 saturated heterocycles. The fraction of sp³-hybridized carbons (Fsp3) is 0.250. The van der Waals surface area contributed by atoms with Gasteiger partial charge in [0.1, 0.15) is 23.0 Å². The molecule has 5 rings (SSSR count). The van der Waals surface area contributed by atoms with Gasteiger partial charge < -0.3 is 15.6 Å². The van der Waals surface area contributed by atoms with E-state index in [1.54, 1.807) is 0 Å². The Morgan fingerprint density at radius 1 is 1.00 bits per heavy atom. The van der Waals surface area contributed by atoms with Gasteiger partial charge in [-0.3, -0.25) is 4.98 Å². The number of nitrogens with zero attached hydrogens (tertiary/aromatic N) is 3. The molecule has 2 aromatic carbocycles. The van der Waals surface area contributed by atoms with Gasteiger partial charge in [-0.2, -0.15) is 13.2 Å². The summed E-state index contributed by atoms with van der Waals surface area (Å²) >= 11 is 0. The molecule has 0 bridgehead atoms. The number of anilines is 1. The molecule has 0 amide bonds. The van der Waals surface area contributed by atoms with Gasteiger partial charge >= 0.3 is 6.18 Å². The average molecular weight is 491 g/mol. The highest BCUT2D eigenvalue weighted by atomic mass is 19.4. The predicted octanol–water partition coefficient (Wildman–Crippen LogP) is 5.51. The van der Waals surface area contributed by atoms with Crippen LogP contribution in [0, 0.1) is 23.4 Å². The molecule has 11 heteroatoms. The molecule has 35 heavy (non-hydrogen) atoms. The molecular formula is C24H19F6N5. The van der Waals surface area contributed by atoms with Crippen molar-refractivity contribution < 1.29 is 26.3 Å². The number of fused-ring (bicyclic) bond motifs is 1. The zero-order chi connectivity index (χ0) is 25.1. The second-order valence-corrected chi connectivity index (χ2v) is 8.70. The van der Waals surface area contributed by atoms with Gasteiger partial charge in [0, 0.05) is 49.1 Å². The number of hydrogen-bond donors (Lipinski definition) is 2. The second-order valence-electron chi connectivity index (χ2n) is 8.70. The summed E-state index contributed by atoms with van der Waals surface area (Å²) in [5, 5.41) is 0. The Hall–Kier alpha value is -3.60. The molecule has 1 aliphatic rings. The number of rotatable bonds is 4. The first kappa shape index (κ1) is 23.2. The molecule has 2 aromatic heterocycles. The predicted molar refractivity (Wildman–Crippen MR) is 119 cm³/mol. The first-order valence-corrected chi connectivity index (χ1v) is 10.7. The lowest BCUT2D eigenvalue weighted by Crippen LogP contribution is -2.54. The first-order valence-electron chi connectivity index (χ1n) is 10.7. The summed E-state index contributed by atoms with van der Waals surface area (Å²) in [6.07, 6.45) is -1.98. The molecule has 1 atom stereocenters. The summed E-state index contributed by atoms with van der Waals surface area (Å²) in [7, 11) is 0. The van der Waals surface area contributed by atoms with E-state index in [1.807, 2.05) is 11.8 Å². The Balaban J connectivity index is 1.71. The van der Waals surface area contributed by atoms with Crippen molar-refractivity contribution in [1.82, 2.24) is 15.0 Å².